The SMILES string of the molecule is CCCCCCCC/C=C\CCCCCCCC(=O)[O][Sn]([O]C(=O)CCCCCCC/C=C\CCCCCCCC)([O]C(=O)CCCCCCC/C=C\CCCCCCCC)[c]1ccccc1. The van der Waals surface area contributed by atoms with Gasteiger partial charge in [0, 0.05) is 0 Å². The Kier molecular flexibility index (Phi) is 45.5. The molecule has 0 amide bonds. The van der Waals surface area contributed by atoms with Crippen molar-refractivity contribution in [2.24, 2.45) is 0 Å². The molecule has 1 aromatic rings. The van der Waals surface area contributed by atoms with Gasteiger partial charge in [0.2, 0.25) is 0 Å². The van der Waals surface area contributed by atoms with Crippen LogP contribution in [0.25, 0.3) is 0 Å². The Hall–Kier alpha value is -2.35. The molecule has 0 fully saturated rings. The summed E-state index contributed by atoms with van der Waals surface area (Å²) in [5, 5.41) is 0. The molecule has 1 aromatic carbocycles. The van der Waals surface area contributed by atoms with Crippen molar-refractivity contribution in [3.8, 4) is 0 Å². The molecular formula is C60H104O6Sn. The van der Waals surface area contributed by atoms with Crippen LogP contribution in [-0.2, 0) is 23.6 Å². The summed E-state index contributed by atoms with van der Waals surface area (Å²) in [6.45, 7) is 6.79. The molecule has 67 heavy (non-hydrogen) atoms. The Morgan fingerprint density at radius 3 is 0.806 bits per heavy atom. The molecule has 0 saturated heterocycles. The standard InChI is InChI=1S/3C18H34O2.C6H5.Sn/c3*1-2-3-4-5-6-7-8-9-10-11-12-13-14-15-16-17-18(19)20;1-2-4-6-5-3-1;/h3*9-10H,2-8,11-17H2,1H3,(H,19,20);1-5H;/q;;;;+3/p-3/b3*10-9-;;. The molecule has 0 radical (unpaired) electrons. The van der Waals surface area contributed by atoms with E-state index >= 15 is 0 Å². The molecule has 0 aliphatic rings. The molecule has 0 aromatic heterocycles. The van der Waals surface area contributed by atoms with E-state index in [1.807, 2.05) is 18.2 Å². The molecule has 0 N–H and O–H groups in total. The zero-order chi connectivity index (χ0) is 48.4. The Bertz CT molecular complexity index is 1220. The van der Waals surface area contributed by atoms with Gasteiger partial charge in [0.25, 0.3) is 0 Å². The van der Waals surface area contributed by atoms with Crippen LogP contribution in [-0.4, -0.2) is 37.5 Å². The van der Waals surface area contributed by atoms with Gasteiger partial charge in [-0.3, -0.25) is 0 Å². The van der Waals surface area contributed by atoms with E-state index in [0.717, 1.165) is 96.3 Å². The first-order valence-corrected chi connectivity index (χ1v) is 33.6. The first-order chi connectivity index (χ1) is 33.0. The third-order valence-electron chi connectivity index (χ3n) is 12.8. The van der Waals surface area contributed by atoms with Crippen molar-refractivity contribution in [1.82, 2.24) is 0 Å². The van der Waals surface area contributed by atoms with Gasteiger partial charge >= 0.3 is 286 Å². The average molecular weight is 1040 g/mol. The van der Waals surface area contributed by atoms with Crippen LogP contribution in [0.1, 0.15) is 290 Å². The van der Waals surface area contributed by atoms with Crippen LogP contribution in [0.3, 0.4) is 0 Å². The molecule has 0 aliphatic carbocycles. The van der Waals surface area contributed by atoms with Crippen molar-refractivity contribution < 1.29 is 23.6 Å². The molecule has 1 rings (SSSR count). The number of hydrogen-bond acceptors (Lipinski definition) is 6. The van der Waals surface area contributed by atoms with Crippen LogP contribution in [0.5, 0.6) is 0 Å². The summed E-state index contributed by atoms with van der Waals surface area (Å²) in [6.07, 6.45) is 60.4. The third kappa shape index (κ3) is 40.1. The van der Waals surface area contributed by atoms with E-state index in [1.165, 1.54) is 135 Å². The first-order valence-electron chi connectivity index (χ1n) is 28.6. The van der Waals surface area contributed by atoms with Crippen LogP contribution in [0, 0.1) is 0 Å². The van der Waals surface area contributed by atoms with Crippen LogP contribution in [0.15, 0.2) is 66.8 Å². The van der Waals surface area contributed by atoms with Crippen molar-refractivity contribution in [1.29, 1.82) is 0 Å². The number of allylic oxidation sites excluding steroid dienone is 6. The fraction of sp³-hybridized carbons (Fsp3) is 0.750. The van der Waals surface area contributed by atoms with Crippen molar-refractivity contribution in [2.75, 3.05) is 0 Å². The predicted octanol–water partition coefficient (Wildman–Crippen LogP) is 18.6. The van der Waals surface area contributed by atoms with Gasteiger partial charge in [0.05, 0.1) is 0 Å². The molecule has 6 nitrogen and oxygen atoms in total. The van der Waals surface area contributed by atoms with Gasteiger partial charge in [0.1, 0.15) is 0 Å². The van der Waals surface area contributed by atoms with Gasteiger partial charge in [-0.05, 0) is 19.3 Å². The first kappa shape index (κ1) is 62.7. The second kappa shape index (κ2) is 48.7. The fourth-order valence-electron chi connectivity index (χ4n) is 8.50. The Morgan fingerprint density at radius 2 is 0.552 bits per heavy atom. The summed E-state index contributed by atoms with van der Waals surface area (Å²) in [7, 11) is 0. The molecular weight excluding hydrogens is 935 g/mol. The number of rotatable bonds is 49. The van der Waals surface area contributed by atoms with Crippen molar-refractivity contribution in [3.63, 3.8) is 0 Å². The van der Waals surface area contributed by atoms with Crippen molar-refractivity contribution in [2.45, 2.75) is 290 Å². The van der Waals surface area contributed by atoms with Crippen LogP contribution < -0.4 is 3.58 Å². The third-order valence-corrected chi connectivity index (χ3v) is 20.0. The molecule has 0 bridgehead atoms. The molecule has 0 aliphatic heterocycles. The normalized spacial score (nSPS) is 11.9. The van der Waals surface area contributed by atoms with Gasteiger partial charge in [-0.15, -0.1) is 0 Å². The van der Waals surface area contributed by atoms with Crippen molar-refractivity contribution >= 4 is 41.1 Å². The van der Waals surface area contributed by atoms with Crippen LogP contribution in [0.4, 0.5) is 0 Å². The quantitative estimate of drug-likeness (QED) is 0.0368. The zero-order valence-corrected chi connectivity index (χ0v) is 46.9. The van der Waals surface area contributed by atoms with E-state index in [1.54, 1.807) is 12.1 Å². The van der Waals surface area contributed by atoms with E-state index in [9.17, 15) is 14.4 Å². The van der Waals surface area contributed by atoms with E-state index in [2.05, 4.69) is 57.2 Å². The maximum absolute atomic E-state index is 13.6. The summed E-state index contributed by atoms with van der Waals surface area (Å²) >= 11 is -5.29. The van der Waals surface area contributed by atoms with Gasteiger partial charge in [-0.2, -0.15) is 0 Å². The van der Waals surface area contributed by atoms with Crippen molar-refractivity contribution in [3.05, 3.63) is 66.8 Å². The Balaban J connectivity index is 2.66. The summed E-state index contributed by atoms with van der Waals surface area (Å²) in [4.78, 5) is 40.7. The molecule has 0 saturated carbocycles. The molecule has 7 heteroatoms. The summed E-state index contributed by atoms with van der Waals surface area (Å²) in [5.74, 6) is -1.33. The van der Waals surface area contributed by atoms with Crippen LogP contribution >= 0.6 is 0 Å². The van der Waals surface area contributed by atoms with Gasteiger partial charge in [0.15, 0.2) is 0 Å². The number of unbranched alkanes of at least 4 members (excludes halogenated alkanes) is 33. The van der Waals surface area contributed by atoms with E-state index in [0.29, 0.717) is 22.8 Å². The summed E-state index contributed by atoms with van der Waals surface area (Å²) in [6, 6.07) is 9.10. The number of carbonyl (C=O) groups is 3. The Labute approximate surface area is 419 Å². The number of carbonyl (C=O) groups excluding carboxylic acids is 3. The van der Waals surface area contributed by atoms with Gasteiger partial charge in [-0.1, -0.05) is 117 Å². The second-order valence-corrected chi connectivity index (χ2v) is 25.9. The maximum atomic E-state index is 13.6. The monoisotopic (exact) mass is 1040 g/mol. The van der Waals surface area contributed by atoms with Gasteiger partial charge in [-0.25, -0.2) is 0 Å². The topological polar surface area (TPSA) is 78.9 Å². The van der Waals surface area contributed by atoms with E-state index < -0.39 is 37.5 Å². The van der Waals surface area contributed by atoms with Gasteiger partial charge < -0.3 is 0 Å². The molecule has 384 valence electrons. The Morgan fingerprint density at radius 1 is 0.328 bits per heavy atom. The number of hydrogen-bond donors (Lipinski definition) is 0. The average Bonchev–Trinajstić information content (AvgIpc) is 3.33. The second-order valence-electron chi connectivity index (χ2n) is 19.3. The molecule has 0 unspecified atom stereocenters. The predicted molar refractivity (Wildman–Crippen MR) is 288 cm³/mol. The van der Waals surface area contributed by atoms with Crippen LogP contribution in [0.2, 0.25) is 0 Å². The zero-order valence-electron chi connectivity index (χ0n) is 44.0. The number of benzene rings is 1. The fourth-order valence-corrected chi connectivity index (χ4v) is 15.0. The molecule has 0 heterocycles. The van der Waals surface area contributed by atoms with E-state index in [-0.39, 0.29) is 19.3 Å². The molecule has 0 spiro atoms. The van der Waals surface area contributed by atoms with E-state index in [4.69, 9.17) is 9.22 Å². The minimum atomic E-state index is -5.29. The summed E-state index contributed by atoms with van der Waals surface area (Å²) in [5.41, 5.74) is 0. The summed E-state index contributed by atoms with van der Waals surface area (Å²) < 4.78 is 19.1. The minimum absolute atomic E-state index is 0.210. The molecule has 0 atom stereocenters.